The van der Waals surface area contributed by atoms with Crippen molar-refractivity contribution < 1.29 is 14.6 Å². The average Bonchev–Trinajstić information content (AvgIpc) is 3.25. The summed E-state index contributed by atoms with van der Waals surface area (Å²) < 4.78 is 6.56. The highest BCUT2D eigenvalue weighted by atomic mass is 16.5. The van der Waals surface area contributed by atoms with Crippen molar-refractivity contribution in [2.24, 2.45) is 40.9 Å². The van der Waals surface area contributed by atoms with Crippen LogP contribution in [-0.4, -0.2) is 29.7 Å². The lowest BCUT2D eigenvalue weighted by Crippen LogP contribution is -2.56. The first-order valence-corrected chi connectivity index (χ1v) is 11.3. The monoisotopic (exact) mass is 368 g/mol. The van der Waals surface area contributed by atoms with E-state index in [0.717, 1.165) is 49.5 Å². The van der Waals surface area contributed by atoms with E-state index >= 15 is 0 Å². The molecule has 4 fully saturated rings. The Bertz CT molecular complexity index is 751. The van der Waals surface area contributed by atoms with Gasteiger partial charge in [0.15, 0.2) is 0 Å². The maximum atomic E-state index is 12.1. The largest absolute Gasteiger partial charge is 0.392 e. The van der Waals surface area contributed by atoms with Gasteiger partial charge in [0.1, 0.15) is 5.78 Å². The van der Waals surface area contributed by atoms with Crippen LogP contribution in [-0.2, 0) is 9.53 Å². The van der Waals surface area contributed by atoms with Crippen molar-refractivity contribution in [3.63, 3.8) is 0 Å². The lowest BCUT2D eigenvalue weighted by molar-refractivity contribution is -0.141. The van der Waals surface area contributed by atoms with E-state index in [9.17, 15) is 9.90 Å². The zero-order chi connectivity index (χ0) is 18.4. The first-order chi connectivity index (χ1) is 13.1. The predicted molar refractivity (Wildman–Crippen MR) is 103 cm³/mol. The number of hydrogen-bond donors (Lipinski definition) is 1. The van der Waals surface area contributed by atoms with Crippen LogP contribution in [0.4, 0.5) is 0 Å². The van der Waals surface area contributed by atoms with Gasteiger partial charge in [0.05, 0.1) is 18.8 Å². The van der Waals surface area contributed by atoms with E-state index in [1.807, 2.05) is 0 Å². The van der Waals surface area contributed by atoms with Gasteiger partial charge in [-0.2, -0.15) is 0 Å². The Morgan fingerprint density at radius 2 is 2.15 bits per heavy atom. The molecule has 3 nitrogen and oxygen atoms in total. The highest BCUT2D eigenvalue weighted by molar-refractivity contribution is 5.82. The van der Waals surface area contributed by atoms with Gasteiger partial charge in [0.25, 0.3) is 0 Å². The molecular weight excluding hydrogens is 336 g/mol. The second-order valence-corrected chi connectivity index (χ2v) is 10.3. The van der Waals surface area contributed by atoms with Crippen molar-refractivity contribution in [2.75, 3.05) is 13.2 Å². The number of aliphatic hydroxyl groups excluding tert-OH is 1. The number of fused-ring (bicyclic) bond motifs is 9. The van der Waals surface area contributed by atoms with E-state index in [1.165, 1.54) is 36.8 Å². The maximum absolute atomic E-state index is 12.1. The zero-order valence-electron chi connectivity index (χ0n) is 16.5. The van der Waals surface area contributed by atoms with Gasteiger partial charge in [0.2, 0.25) is 0 Å². The summed E-state index contributed by atoms with van der Waals surface area (Å²) in [6.45, 7) is 3.35. The first-order valence-electron chi connectivity index (χ1n) is 11.3. The fourth-order valence-electron chi connectivity index (χ4n) is 8.97. The lowest BCUT2D eigenvalue weighted by Gasteiger charge is -2.58. The number of hydrogen-bond acceptors (Lipinski definition) is 3. The number of carbonyl (C=O) groups excluding carboxylic acids is 1. The Morgan fingerprint density at radius 3 is 2.89 bits per heavy atom. The number of Topliss-reactive ketones (excluding diaryl/α,β-unsaturated/α-hetero) is 1. The molecule has 0 aromatic carbocycles. The van der Waals surface area contributed by atoms with Gasteiger partial charge < -0.3 is 9.84 Å². The van der Waals surface area contributed by atoms with Gasteiger partial charge in [-0.05, 0) is 79.6 Å². The third kappa shape index (κ3) is 1.93. The Kier molecular flexibility index (Phi) is 3.50. The molecule has 1 spiro atoms. The Balaban J connectivity index is 1.43. The van der Waals surface area contributed by atoms with E-state index in [4.69, 9.17) is 4.74 Å². The van der Waals surface area contributed by atoms with Crippen LogP contribution in [0.1, 0.15) is 58.3 Å². The standard InChI is InChI=1S/C24H32O3/c1-2-23-8-6-17-16-5-4-15(26)11-18(16)14(13-25)10-19(17)22(23)20-12-21(20)24(23)7-3-9-27-24/h3,7,16-17,19-22,25H,2,4-6,8-13H2,1H3/t16-,17-,19-,20-,21+,22-,23+,24+/m1/s1. The smallest absolute Gasteiger partial charge is 0.136 e. The van der Waals surface area contributed by atoms with Crippen molar-refractivity contribution in [3.8, 4) is 0 Å². The molecule has 27 heavy (non-hydrogen) atoms. The number of allylic oxidation sites excluding steroid dienone is 1. The summed E-state index contributed by atoms with van der Waals surface area (Å²) in [5.74, 6) is 4.67. The maximum Gasteiger partial charge on any atom is 0.136 e. The number of ether oxygens (including phenoxy) is 1. The van der Waals surface area contributed by atoms with E-state index in [0.29, 0.717) is 29.5 Å². The van der Waals surface area contributed by atoms with Crippen molar-refractivity contribution in [1.29, 1.82) is 0 Å². The second-order valence-electron chi connectivity index (χ2n) is 10.3. The summed E-state index contributed by atoms with van der Waals surface area (Å²) in [5, 5.41) is 10.1. The molecule has 0 amide bonds. The van der Waals surface area contributed by atoms with Crippen LogP contribution in [0.2, 0.25) is 0 Å². The van der Waals surface area contributed by atoms with Gasteiger partial charge >= 0.3 is 0 Å². The first kappa shape index (κ1) is 17.0. The van der Waals surface area contributed by atoms with Crippen LogP contribution in [0.3, 0.4) is 0 Å². The summed E-state index contributed by atoms with van der Waals surface area (Å²) in [6, 6.07) is 0. The zero-order valence-corrected chi connectivity index (χ0v) is 16.5. The highest BCUT2D eigenvalue weighted by Crippen LogP contribution is 2.78. The molecule has 0 aromatic rings. The Morgan fingerprint density at radius 1 is 1.26 bits per heavy atom. The number of rotatable bonds is 2. The van der Waals surface area contributed by atoms with Gasteiger partial charge in [-0.3, -0.25) is 4.79 Å². The molecule has 1 aliphatic heterocycles. The molecule has 6 rings (SSSR count). The molecule has 8 atom stereocenters. The minimum atomic E-state index is 0.00789. The fraction of sp³-hybridized carbons (Fsp3) is 0.792. The molecule has 0 saturated heterocycles. The quantitative estimate of drug-likeness (QED) is 0.748. The Labute approximate surface area is 162 Å². The predicted octanol–water partition coefficient (Wildman–Crippen LogP) is 4.06. The topological polar surface area (TPSA) is 46.5 Å². The summed E-state index contributed by atoms with van der Waals surface area (Å²) in [5.41, 5.74) is 2.88. The molecule has 146 valence electrons. The van der Waals surface area contributed by atoms with Crippen LogP contribution in [0.15, 0.2) is 23.3 Å². The third-order valence-corrected chi connectivity index (χ3v) is 9.83. The minimum Gasteiger partial charge on any atom is -0.392 e. The van der Waals surface area contributed by atoms with Gasteiger partial charge in [-0.25, -0.2) is 0 Å². The van der Waals surface area contributed by atoms with E-state index < -0.39 is 0 Å². The SMILES string of the molecule is CC[C@]12CC[C@H]3[C@@H](CC(CO)=C4CC(=O)CC[C@@H]43)[C@@H]1[C@@H]1C[C@@H]1[C@@]21C=CCO1. The molecule has 3 heteroatoms. The summed E-state index contributed by atoms with van der Waals surface area (Å²) in [4.78, 5) is 12.1. The van der Waals surface area contributed by atoms with Crippen LogP contribution in [0.5, 0.6) is 0 Å². The summed E-state index contributed by atoms with van der Waals surface area (Å²) in [6.07, 6.45) is 13.3. The number of ketones is 1. The number of aliphatic hydroxyl groups is 1. The molecule has 1 N–H and O–H groups in total. The van der Waals surface area contributed by atoms with E-state index in [1.54, 1.807) is 0 Å². The van der Waals surface area contributed by atoms with Crippen molar-refractivity contribution in [2.45, 2.75) is 63.9 Å². The second kappa shape index (κ2) is 5.57. The molecule has 5 aliphatic carbocycles. The van der Waals surface area contributed by atoms with Crippen molar-refractivity contribution in [3.05, 3.63) is 23.3 Å². The molecule has 0 radical (unpaired) electrons. The normalized spacial score (nSPS) is 52.6. The molecule has 0 unspecified atom stereocenters. The average molecular weight is 369 g/mol. The number of carbonyl (C=O) groups is 1. The Hall–Kier alpha value is -0.930. The lowest BCUT2D eigenvalue weighted by atomic mass is 9.47. The van der Waals surface area contributed by atoms with Crippen LogP contribution in [0, 0.1) is 40.9 Å². The van der Waals surface area contributed by atoms with Gasteiger partial charge in [-0.1, -0.05) is 24.6 Å². The van der Waals surface area contributed by atoms with Crippen LogP contribution >= 0.6 is 0 Å². The molecule has 0 bridgehead atoms. The highest BCUT2D eigenvalue weighted by Gasteiger charge is 2.77. The minimum absolute atomic E-state index is 0.00789. The van der Waals surface area contributed by atoms with Crippen LogP contribution < -0.4 is 0 Å². The molecule has 4 saturated carbocycles. The summed E-state index contributed by atoms with van der Waals surface area (Å²) >= 11 is 0. The molecule has 0 aromatic heterocycles. The summed E-state index contributed by atoms with van der Waals surface area (Å²) in [7, 11) is 0. The molecule has 1 heterocycles. The van der Waals surface area contributed by atoms with E-state index in [-0.39, 0.29) is 12.2 Å². The molecule has 6 aliphatic rings. The third-order valence-electron chi connectivity index (χ3n) is 9.83. The van der Waals surface area contributed by atoms with Crippen LogP contribution in [0.25, 0.3) is 0 Å². The van der Waals surface area contributed by atoms with E-state index in [2.05, 4.69) is 19.1 Å². The van der Waals surface area contributed by atoms with Gasteiger partial charge in [0, 0.05) is 18.3 Å². The fourth-order valence-corrected chi connectivity index (χ4v) is 8.97. The van der Waals surface area contributed by atoms with Crippen molar-refractivity contribution in [1.82, 2.24) is 0 Å². The van der Waals surface area contributed by atoms with Gasteiger partial charge in [-0.15, -0.1) is 0 Å². The van der Waals surface area contributed by atoms with Crippen molar-refractivity contribution >= 4 is 5.78 Å². The molecular formula is C24H32O3.